The minimum atomic E-state index is -4.92. The molecular formula is C41H48F6N4O6S. The summed E-state index contributed by atoms with van der Waals surface area (Å²) in [6.45, 7) is 4.82. The quantitative estimate of drug-likeness (QED) is 0.230. The van der Waals surface area contributed by atoms with Crippen LogP contribution in [0.5, 0.6) is 0 Å². The minimum absolute atomic E-state index is 0.0244. The van der Waals surface area contributed by atoms with Crippen molar-refractivity contribution < 1.29 is 55.3 Å². The highest BCUT2D eigenvalue weighted by molar-refractivity contribution is 8.03. The number of likely N-dealkylation sites (tertiary alicyclic amines) is 2. The molecule has 2 saturated heterocycles. The number of carboxylic acid groups (broad SMARTS) is 1. The number of rotatable bonds is 10. The van der Waals surface area contributed by atoms with E-state index in [0.717, 1.165) is 30.8 Å². The Morgan fingerprint density at radius 1 is 1.10 bits per heavy atom. The molecule has 10 nitrogen and oxygen atoms in total. The maximum atomic E-state index is 15.2. The summed E-state index contributed by atoms with van der Waals surface area (Å²) in [7, 11) is 0. The number of nitrogens with zero attached hydrogens (tertiary/aromatic N) is 4. The van der Waals surface area contributed by atoms with E-state index in [4.69, 9.17) is 9.47 Å². The van der Waals surface area contributed by atoms with Crippen molar-refractivity contribution in [2.24, 2.45) is 17.3 Å². The average molecular weight is 839 g/mol. The molecule has 6 unspecified atom stereocenters. The molecule has 0 spiro atoms. The van der Waals surface area contributed by atoms with Gasteiger partial charge in [-0.25, -0.2) is 0 Å². The van der Waals surface area contributed by atoms with Gasteiger partial charge in [0.25, 0.3) is 11.8 Å². The van der Waals surface area contributed by atoms with Crippen LogP contribution in [-0.4, -0.2) is 86.0 Å². The summed E-state index contributed by atoms with van der Waals surface area (Å²) in [5.74, 6) is -2.62. The molecule has 5 aliphatic rings. The monoisotopic (exact) mass is 838 g/mol. The van der Waals surface area contributed by atoms with Crippen LogP contribution in [0.1, 0.15) is 107 Å². The van der Waals surface area contributed by atoms with E-state index >= 15 is 4.79 Å². The Hall–Kier alpha value is -4.20. The Kier molecular flexibility index (Phi) is 12.3. The van der Waals surface area contributed by atoms with Crippen LogP contribution in [0, 0.1) is 28.6 Å². The smallest absolute Gasteiger partial charge is 0.418 e. The molecule has 1 aromatic heterocycles. The molecule has 6 atom stereocenters. The molecule has 4 heterocycles. The highest BCUT2D eigenvalue weighted by Crippen LogP contribution is 2.53. The van der Waals surface area contributed by atoms with Crippen molar-refractivity contribution in [3.8, 4) is 6.07 Å². The molecule has 1 aromatic rings. The van der Waals surface area contributed by atoms with E-state index in [0.29, 0.717) is 49.6 Å². The molecule has 1 saturated carbocycles. The average Bonchev–Trinajstić information content (AvgIpc) is 3.82. The summed E-state index contributed by atoms with van der Waals surface area (Å²) >= 11 is 0.509. The number of carboxylic acids is 1. The normalized spacial score (nSPS) is 30.2. The van der Waals surface area contributed by atoms with Crippen molar-refractivity contribution in [1.29, 1.82) is 5.26 Å². The number of carbonyl (C=O) groups excluding carboxylic acids is 2. The second-order valence-corrected chi connectivity index (χ2v) is 17.7. The van der Waals surface area contributed by atoms with Gasteiger partial charge in [0.1, 0.15) is 22.0 Å². The molecule has 0 radical (unpaired) electrons. The summed E-state index contributed by atoms with van der Waals surface area (Å²) < 4.78 is 95.7. The Morgan fingerprint density at radius 3 is 2.43 bits per heavy atom. The fourth-order valence-corrected chi connectivity index (χ4v) is 9.98. The predicted molar refractivity (Wildman–Crippen MR) is 200 cm³/mol. The number of piperidine rings is 2. The largest absolute Gasteiger partial charge is 0.490 e. The highest BCUT2D eigenvalue weighted by atomic mass is 32.2. The predicted octanol–water partition coefficient (Wildman–Crippen LogP) is 8.81. The van der Waals surface area contributed by atoms with Crippen LogP contribution in [-0.2, 0) is 25.2 Å². The zero-order valence-corrected chi connectivity index (χ0v) is 33.4. The van der Waals surface area contributed by atoms with Crippen molar-refractivity contribution in [3.63, 3.8) is 0 Å². The Bertz CT molecular complexity index is 1900. The van der Waals surface area contributed by atoms with Crippen molar-refractivity contribution in [1.82, 2.24) is 14.8 Å². The zero-order chi connectivity index (χ0) is 42.3. The second-order valence-electron chi connectivity index (χ2n) is 16.4. The minimum Gasteiger partial charge on any atom is -0.490 e. The van der Waals surface area contributed by atoms with E-state index in [2.05, 4.69) is 11.1 Å². The first-order valence-electron chi connectivity index (χ1n) is 19.7. The lowest BCUT2D eigenvalue weighted by Gasteiger charge is -2.51. The lowest BCUT2D eigenvalue weighted by molar-refractivity contribution is -0.173. The van der Waals surface area contributed by atoms with Crippen LogP contribution in [0.15, 0.2) is 53.0 Å². The standard InChI is InChI=1S/C41H48F6N4O6S/c1-4-7-32-39(57-28-22-37(3,58-23-28)41(45,46)47,13-6-17-51(32)34(52)33-29(40(42,43)44)8-5-16-49-33)36(55)50-18-14-38(24-48,15-19-50)30-20-25(2)9-12-31(30)56-27-11-10-26(21-27)35(53)54/h5,8-9,12,16,23,25-27,32H,4,6-7,10-11,13-15,17-22H2,1-3H3,(H,53,54). The van der Waals surface area contributed by atoms with E-state index in [-0.39, 0.29) is 69.5 Å². The highest BCUT2D eigenvalue weighted by Gasteiger charge is 2.60. The van der Waals surface area contributed by atoms with Crippen LogP contribution in [0.2, 0.25) is 0 Å². The number of halogens is 6. The number of hydrogen-bond donors (Lipinski definition) is 1. The summed E-state index contributed by atoms with van der Waals surface area (Å²) in [6, 6.07) is 3.14. The first-order valence-corrected chi connectivity index (χ1v) is 20.6. The van der Waals surface area contributed by atoms with Crippen LogP contribution in [0.3, 0.4) is 0 Å². The fourth-order valence-electron chi connectivity index (χ4n) is 9.09. The lowest BCUT2D eigenvalue weighted by atomic mass is 9.69. The summed E-state index contributed by atoms with van der Waals surface area (Å²) in [6.07, 6.45) is -2.90. The summed E-state index contributed by atoms with van der Waals surface area (Å²) in [4.78, 5) is 47.4. The van der Waals surface area contributed by atoms with Gasteiger partial charge in [0, 0.05) is 44.1 Å². The number of carbonyl (C=O) groups is 3. The summed E-state index contributed by atoms with van der Waals surface area (Å²) in [5, 5.41) is 21.5. The van der Waals surface area contributed by atoms with Gasteiger partial charge in [0.2, 0.25) is 5.60 Å². The molecule has 316 valence electrons. The van der Waals surface area contributed by atoms with Crippen molar-refractivity contribution in [2.75, 3.05) is 19.6 Å². The van der Waals surface area contributed by atoms with Crippen molar-refractivity contribution in [3.05, 3.63) is 64.2 Å². The second kappa shape index (κ2) is 16.5. The van der Waals surface area contributed by atoms with Gasteiger partial charge in [-0.2, -0.15) is 31.6 Å². The van der Waals surface area contributed by atoms with Gasteiger partial charge in [-0.1, -0.05) is 26.3 Å². The molecule has 2 amide bonds. The number of thioether (sulfide) groups is 1. The molecule has 0 bridgehead atoms. The third kappa shape index (κ3) is 8.31. The van der Waals surface area contributed by atoms with Crippen LogP contribution in [0.4, 0.5) is 26.3 Å². The lowest BCUT2D eigenvalue weighted by Crippen LogP contribution is -2.67. The topological polar surface area (TPSA) is 133 Å². The molecule has 6 rings (SSSR count). The number of hydrogen-bond acceptors (Lipinski definition) is 8. The maximum absolute atomic E-state index is 15.2. The fraction of sp³-hybridized carbons (Fsp3) is 0.634. The van der Waals surface area contributed by atoms with Gasteiger partial charge in [0.05, 0.1) is 35.1 Å². The van der Waals surface area contributed by atoms with Crippen molar-refractivity contribution in [2.45, 2.75) is 126 Å². The third-order valence-electron chi connectivity index (χ3n) is 12.4. The Labute approximate surface area is 337 Å². The van der Waals surface area contributed by atoms with E-state index in [1.807, 2.05) is 19.1 Å². The number of amides is 2. The van der Waals surface area contributed by atoms with E-state index in [1.165, 1.54) is 15.2 Å². The Balaban J connectivity index is 1.33. The molecule has 1 N–H and O–H groups in total. The first kappa shape index (κ1) is 43.4. The van der Waals surface area contributed by atoms with Gasteiger partial charge in [-0.3, -0.25) is 19.4 Å². The van der Waals surface area contributed by atoms with Gasteiger partial charge in [-0.05, 0) is 88.0 Å². The number of pyridine rings is 1. The van der Waals surface area contributed by atoms with Gasteiger partial charge in [0.15, 0.2) is 0 Å². The number of allylic oxidation sites excluding steroid dienone is 4. The maximum Gasteiger partial charge on any atom is 0.418 e. The number of nitriles is 1. The molecule has 3 fully saturated rings. The van der Waals surface area contributed by atoms with Crippen LogP contribution >= 0.6 is 11.8 Å². The molecule has 17 heteroatoms. The van der Waals surface area contributed by atoms with Crippen molar-refractivity contribution >= 4 is 29.5 Å². The third-order valence-corrected chi connectivity index (χ3v) is 13.6. The molecule has 2 aliphatic carbocycles. The summed E-state index contributed by atoms with van der Waals surface area (Å²) in [5.41, 5.74) is -4.37. The number of ether oxygens (including phenoxy) is 2. The van der Waals surface area contributed by atoms with E-state index in [1.54, 1.807) is 6.92 Å². The molecular weight excluding hydrogens is 791 g/mol. The first-order chi connectivity index (χ1) is 27.3. The molecule has 58 heavy (non-hydrogen) atoms. The van der Waals surface area contributed by atoms with Crippen LogP contribution < -0.4 is 0 Å². The van der Waals surface area contributed by atoms with E-state index in [9.17, 15) is 46.3 Å². The van der Waals surface area contributed by atoms with Gasteiger partial charge < -0.3 is 24.4 Å². The van der Waals surface area contributed by atoms with Gasteiger partial charge >= 0.3 is 18.3 Å². The molecule has 3 aliphatic heterocycles. The number of aromatic nitrogens is 1. The zero-order valence-electron chi connectivity index (χ0n) is 32.6. The molecule has 0 aromatic carbocycles. The SMILES string of the molecule is CCCC1N(C(=O)c2ncccc2C(F)(F)F)CCCC1(OC1=CSC(C)(C(F)(F)F)C1)C(=O)N1CCC(C#N)(C2=C(OC3CCC(C(=O)O)C3)C=CC(C)C2)CC1. The van der Waals surface area contributed by atoms with Crippen LogP contribution in [0.25, 0.3) is 0 Å². The number of alkyl halides is 6. The van der Waals surface area contributed by atoms with E-state index < -0.39 is 75.5 Å². The van der Waals surface area contributed by atoms with Gasteiger partial charge in [-0.15, -0.1) is 11.8 Å². The Morgan fingerprint density at radius 2 is 1.83 bits per heavy atom. The number of aliphatic carboxylic acids is 1.